The standard InChI is InChI=1S/C30H44BN3O4/c1-28(2)29(3,4)38-31(37-28)21-8-9-25-26(16-21)34(23-17-22(18-23)32-12-6-5-7-13-32)27(35)30(25)10-14-33(15-11-30)24-19-36-20-24/h8-9,16,22-24H,5-7,10-15,17-20H2,1-4H3. The fourth-order valence-electron chi connectivity index (χ4n) is 7.64. The van der Waals surface area contributed by atoms with Crippen LogP contribution < -0.4 is 10.4 Å². The SMILES string of the molecule is CC1(C)OB(c2ccc3c(c2)N(C2CC(N4CCCCC4)C2)C(=O)C32CCN(C3COC3)CC2)OC1(C)C. The average molecular weight is 522 g/mol. The molecule has 7 rings (SSSR count). The Morgan fingerprint density at radius 1 is 0.816 bits per heavy atom. The maximum Gasteiger partial charge on any atom is 0.494 e. The zero-order chi connectivity index (χ0) is 26.3. The summed E-state index contributed by atoms with van der Waals surface area (Å²) in [5, 5.41) is 0. The lowest BCUT2D eigenvalue weighted by atomic mass is 9.71. The minimum Gasteiger partial charge on any atom is -0.399 e. The van der Waals surface area contributed by atoms with Gasteiger partial charge in [0.05, 0.1) is 35.9 Å². The second kappa shape index (κ2) is 9.03. The molecule has 0 aromatic heterocycles. The molecular weight excluding hydrogens is 477 g/mol. The number of nitrogens with zero attached hydrogens (tertiary/aromatic N) is 3. The van der Waals surface area contributed by atoms with Crippen LogP contribution in [0, 0.1) is 0 Å². The highest BCUT2D eigenvalue weighted by molar-refractivity contribution is 6.62. The number of ether oxygens (including phenoxy) is 1. The number of likely N-dealkylation sites (tertiary alicyclic amines) is 2. The molecular formula is C30H44BN3O4. The Morgan fingerprint density at radius 2 is 1.45 bits per heavy atom. The van der Waals surface area contributed by atoms with E-state index in [1.54, 1.807) is 0 Å². The molecule has 1 spiro atoms. The molecule has 5 heterocycles. The summed E-state index contributed by atoms with van der Waals surface area (Å²) in [6, 6.07) is 8.06. The lowest BCUT2D eigenvalue weighted by Crippen LogP contribution is -2.59. The summed E-state index contributed by atoms with van der Waals surface area (Å²) >= 11 is 0. The van der Waals surface area contributed by atoms with E-state index in [1.165, 1.54) is 37.9 Å². The molecule has 0 N–H and O–H groups in total. The number of fused-ring (bicyclic) bond motifs is 2. The minimum atomic E-state index is -0.415. The monoisotopic (exact) mass is 521 g/mol. The summed E-state index contributed by atoms with van der Waals surface area (Å²) in [6.07, 6.45) is 7.96. The summed E-state index contributed by atoms with van der Waals surface area (Å²) < 4.78 is 18.3. The molecule has 5 fully saturated rings. The van der Waals surface area contributed by atoms with Crippen molar-refractivity contribution in [3.8, 4) is 0 Å². The predicted octanol–water partition coefficient (Wildman–Crippen LogP) is 3.08. The third-order valence-electron chi connectivity index (χ3n) is 11.1. The number of hydrogen-bond acceptors (Lipinski definition) is 6. The van der Waals surface area contributed by atoms with Crippen LogP contribution in [0.3, 0.4) is 0 Å². The highest BCUT2D eigenvalue weighted by Crippen LogP contribution is 2.51. The van der Waals surface area contributed by atoms with Gasteiger partial charge in [-0.1, -0.05) is 18.6 Å². The number of hydrogen-bond donors (Lipinski definition) is 0. The molecule has 1 aromatic carbocycles. The highest BCUT2D eigenvalue weighted by atomic mass is 16.7. The lowest BCUT2D eigenvalue weighted by Gasteiger charge is -2.48. The first kappa shape index (κ1) is 25.5. The van der Waals surface area contributed by atoms with E-state index in [0.717, 1.165) is 63.1 Å². The van der Waals surface area contributed by atoms with E-state index in [4.69, 9.17) is 14.0 Å². The van der Waals surface area contributed by atoms with Gasteiger partial charge in [-0.05, 0) is 109 Å². The zero-order valence-electron chi connectivity index (χ0n) is 23.7. The van der Waals surface area contributed by atoms with E-state index in [1.807, 2.05) is 0 Å². The topological polar surface area (TPSA) is 54.5 Å². The number of rotatable bonds is 4. The van der Waals surface area contributed by atoms with Gasteiger partial charge in [-0.15, -0.1) is 0 Å². The molecule has 5 aliphatic heterocycles. The van der Waals surface area contributed by atoms with Gasteiger partial charge in [-0.2, -0.15) is 0 Å². The van der Waals surface area contributed by atoms with Crippen molar-refractivity contribution < 1.29 is 18.8 Å². The Hall–Kier alpha value is -1.45. The Balaban J connectivity index is 1.18. The fourth-order valence-corrected chi connectivity index (χ4v) is 7.64. The lowest BCUT2D eigenvalue weighted by molar-refractivity contribution is -0.128. The van der Waals surface area contributed by atoms with Gasteiger partial charge in [-0.3, -0.25) is 9.69 Å². The number of anilines is 1. The normalized spacial score (nSPS) is 32.9. The number of carbonyl (C=O) groups is 1. The van der Waals surface area contributed by atoms with E-state index in [0.29, 0.717) is 24.0 Å². The van der Waals surface area contributed by atoms with Gasteiger partial charge in [0.25, 0.3) is 0 Å². The molecule has 206 valence electrons. The molecule has 38 heavy (non-hydrogen) atoms. The van der Waals surface area contributed by atoms with Crippen LogP contribution in [-0.4, -0.2) is 91.5 Å². The quantitative estimate of drug-likeness (QED) is 0.568. The molecule has 0 atom stereocenters. The van der Waals surface area contributed by atoms with Gasteiger partial charge in [0.15, 0.2) is 0 Å². The van der Waals surface area contributed by atoms with Crippen molar-refractivity contribution in [3.63, 3.8) is 0 Å². The van der Waals surface area contributed by atoms with Crippen LogP contribution in [0.1, 0.15) is 78.2 Å². The van der Waals surface area contributed by atoms with Crippen molar-refractivity contribution in [2.45, 2.75) is 107 Å². The maximum absolute atomic E-state index is 14.5. The van der Waals surface area contributed by atoms with Crippen LogP contribution in [-0.2, 0) is 24.3 Å². The number of amides is 1. The summed E-state index contributed by atoms with van der Waals surface area (Å²) in [5.41, 5.74) is 2.19. The Kier molecular flexibility index (Phi) is 6.07. The molecule has 0 bridgehead atoms. The van der Waals surface area contributed by atoms with Gasteiger partial charge in [0, 0.05) is 17.8 Å². The Bertz CT molecular complexity index is 1070. The maximum atomic E-state index is 14.5. The van der Waals surface area contributed by atoms with Gasteiger partial charge in [-0.25, -0.2) is 0 Å². The summed E-state index contributed by atoms with van der Waals surface area (Å²) in [7, 11) is -0.415. The molecule has 8 heteroatoms. The van der Waals surface area contributed by atoms with Gasteiger partial charge in [0.1, 0.15) is 0 Å². The van der Waals surface area contributed by atoms with Crippen LogP contribution in [0.5, 0.6) is 0 Å². The second-order valence-corrected chi connectivity index (χ2v) is 13.7. The predicted molar refractivity (Wildman–Crippen MR) is 149 cm³/mol. The Morgan fingerprint density at radius 3 is 2.05 bits per heavy atom. The molecule has 1 amide bonds. The van der Waals surface area contributed by atoms with Crippen LogP contribution in [0.4, 0.5) is 5.69 Å². The van der Waals surface area contributed by atoms with Crippen molar-refractivity contribution in [2.24, 2.45) is 0 Å². The van der Waals surface area contributed by atoms with Gasteiger partial charge >= 0.3 is 7.12 Å². The van der Waals surface area contributed by atoms with Crippen molar-refractivity contribution in [3.05, 3.63) is 23.8 Å². The van der Waals surface area contributed by atoms with Crippen LogP contribution in [0.15, 0.2) is 18.2 Å². The summed E-state index contributed by atoms with van der Waals surface area (Å²) in [6.45, 7) is 14.4. The molecule has 4 saturated heterocycles. The van der Waals surface area contributed by atoms with E-state index in [9.17, 15) is 4.79 Å². The van der Waals surface area contributed by atoms with Crippen LogP contribution in [0.25, 0.3) is 0 Å². The smallest absolute Gasteiger partial charge is 0.399 e. The second-order valence-electron chi connectivity index (χ2n) is 13.7. The van der Waals surface area contributed by atoms with Crippen molar-refractivity contribution in [1.82, 2.24) is 9.80 Å². The first-order chi connectivity index (χ1) is 18.2. The zero-order valence-corrected chi connectivity index (χ0v) is 23.7. The molecule has 7 nitrogen and oxygen atoms in total. The number of benzene rings is 1. The van der Waals surface area contributed by atoms with Crippen LogP contribution >= 0.6 is 0 Å². The third kappa shape index (κ3) is 3.85. The van der Waals surface area contributed by atoms with Gasteiger partial charge < -0.3 is 23.8 Å². The first-order valence-electron chi connectivity index (χ1n) is 15.1. The van der Waals surface area contributed by atoms with Crippen molar-refractivity contribution >= 4 is 24.2 Å². The van der Waals surface area contributed by atoms with Crippen molar-refractivity contribution in [2.75, 3.05) is 44.3 Å². The van der Waals surface area contributed by atoms with E-state index < -0.39 is 12.5 Å². The average Bonchev–Trinajstić information content (AvgIpc) is 3.20. The van der Waals surface area contributed by atoms with E-state index in [-0.39, 0.29) is 11.2 Å². The number of piperidine rings is 2. The third-order valence-corrected chi connectivity index (χ3v) is 11.1. The van der Waals surface area contributed by atoms with Gasteiger partial charge in [0.2, 0.25) is 5.91 Å². The van der Waals surface area contributed by atoms with Crippen molar-refractivity contribution in [1.29, 1.82) is 0 Å². The molecule has 1 aromatic rings. The molecule has 1 aliphatic carbocycles. The van der Waals surface area contributed by atoms with E-state index in [2.05, 4.69) is 60.6 Å². The highest BCUT2D eigenvalue weighted by Gasteiger charge is 2.57. The summed E-state index contributed by atoms with van der Waals surface area (Å²) in [4.78, 5) is 21.9. The molecule has 6 aliphatic rings. The fraction of sp³-hybridized carbons (Fsp3) is 0.767. The molecule has 0 unspecified atom stereocenters. The summed E-state index contributed by atoms with van der Waals surface area (Å²) in [5.74, 6) is 0.338. The largest absolute Gasteiger partial charge is 0.494 e. The van der Waals surface area contributed by atoms with Crippen LogP contribution in [0.2, 0.25) is 0 Å². The Labute approximate surface area is 228 Å². The first-order valence-corrected chi connectivity index (χ1v) is 15.1. The molecule has 0 radical (unpaired) electrons. The molecule has 1 saturated carbocycles. The van der Waals surface area contributed by atoms with E-state index >= 15 is 0 Å². The minimum absolute atomic E-state index is 0.291. The number of carbonyl (C=O) groups excluding carboxylic acids is 1.